The molecular weight excluding hydrogens is 206 g/mol. The van der Waals surface area contributed by atoms with Gasteiger partial charge in [0.05, 0.1) is 5.39 Å². The Hall–Kier alpha value is -2.17. The summed E-state index contributed by atoms with van der Waals surface area (Å²) in [7, 11) is 0. The van der Waals surface area contributed by atoms with E-state index in [-0.39, 0.29) is 0 Å². The van der Waals surface area contributed by atoms with Gasteiger partial charge < -0.3 is 5.73 Å². The van der Waals surface area contributed by atoms with Crippen molar-refractivity contribution in [3.05, 3.63) is 40.1 Å². The van der Waals surface area contributed by atoms with Crippen LogP contribution in [-0.2, 0) is 0 Å². The van der Waals surface area contributed by atoms with Gasteiger partial charge in [-0.15, -0.1) is 0 Å². The molecule has 0 radical (unpaired) electrons. The van der Waals surface area contributed by atoms with Crippen LogP contribution in [0.1, 0.15) is 11.3 Å². The highest BCUT2D eigenvalue weighted by atomic mass is 16.2. The summed E-state index contributed by atoms with van der Waals surface area (Å²) in [4.78, 5) is 27.0. The van der Waals surface area contributed by atoms with Gasteiger partial charge in [-0.3, -0.25) is 9.78 Å². The van der Waals surface area contributed by atoms with Gasteiger partial charge in [0.1, 0.15) is 0 Å². The van der Waals surface area contributed by atoms with Crippen LogP contribution in [0.4, 0.5) is 4.79 Å². The monoisotopic (exact) mass is 217 g/mol. The van der Waals surface area contributed by atoms with Crippen LogP contribution < -0.4 is 11.3 Å². The number of fused-ring (bicyclic) bond motifs is 1. The molecule has 0 aliphatic carbocycles. The van der Waals surface area contributed by atoms with Crippen LogP contribution in [0.2, 0.25) is 0 Å². The lowest BCUT2D eigenvalue weighted by Crippen LogP contribution is -2.34. The van der Waals surface area contributed by atoms with Gasteiger partial charge in [-0.1, -0.05) is 0 Å². The lowest BCUT2D eigenvalue weighted by atomic mass is 10.1. The largest absolute Gasteiger partial charge is 0.351 e. The van der Waals surface area contributed by atoms with E-state index in [1.54, 1.807) is 19.2 Å². The lowest BCUT2D eigenvalue weighted by molar-refractivity contribution is 0.249. The van der Waals surface area contributed by atoms with Crippen molar-refractivity contribution in [2.45, 2.75) is 13.8 Å². The van der Waals surface area contributed by atoms with E-state index in [1.807, 2.05) is 6.92 Å². The topological polar surface area (TPSA) is 78.0 Å². The summed E-state index contributed by atoms with van der Waals surface area (Å²) in [6.07, 6.45) is 3.06. The molecule has 0 bridgehead atoms. The van der Waals surface area contributed by atoms with Gasteiger partial charge in [-0.05, 0) is 30.9 Å². The number of hydrogen-bond donors (Lipinski definition) is 1. The summed E-state index contributed by atoms with van der Waals surface area (Å²) in [5.41, 5.74) is 6.18. The highest BCUT2D eigenvalue weighted by Crippen LogP contribution is 2.16. The molecule has 5 nitrogen and oxygen atoms in total. The Morgan fingerprint density at radius 3 is 2.69 bits per heavy atom. The van der Waals surface area contributed by atoms with Gasteiger partial charge in [0, 0.05) is 18.1 Å². The minimum absolute atomic E-state index is 0.407. The van der Waals surface area contributed by atoms with Gasteiger partial charge in [0.2, 0.25) is 0 Å². The second-order valence-electron chi connectivity index (χ2n) is 3.61. The highest BCUT2D eigenvalue weighted by molar-refractivity contribution is 5.88. The molecule has 16 heavy (non-hydrogen) atoms. The normalized spacial score (nSPS) is 10.6. The van der Waals surface area contributed by atoms with Crippen molar-refractivity contribution in [1.29, 1.82) is 0 Å². The maximum absolute atomic E-state index is 12.0. The molecule has 0 aromatic carbocycles. The minimum atomic E-state index is -0.767. The molecule has 5 heteroatoms. The van der Waals surface area contributed by atoms with Gasteiger partial charge in [0.15, 0.2) is 0 Å². The zero-order chi connectivity index (χ0) is 11.9. The Morgan fingerprint density at radius 1 is 1.38 bits per heavy atom. The summed E-state index contributed by atoms with van der Waals surface area (Å²) in [6.45, 7) is 3.54. The van der Waals surface area contributed by atoms with E-state index in [9.17, 15) is 9.59 Å². The predicted octanol–water partition coefficient (Wildman–Crippen LogP) is 0.940. The van der Waals surface area contributed by atoms with Crippen molar-refractivity contribution in [3.8, 4) is 0 Å². The molecule has 0 saturated carbocycles. The van der Waals surface area contributed by atoms with Gasteiger partial charge in [-0.2, -0.15) is 0 Å². The molecule has 0 fully saturated rings. The molecule has 2 rings (SSSR count). The number of nitrogens with two attached hydrogens (primary N) is 1. The van der Waals surface area contributed by atoms with E-state index in [2.05, 4.69) is 4.98 Å². The molecule has 2 heterocycles. The molecule has 2 aromatic rings. The summed E-state index contributed by atoms with van der Waals surface area (Å²) in [5.74, 6) is 0. The molecule has 2 aromatic heterocycles. The van der Waals surface area contributed by atoms with Crippen molar-refractivity contribution < 1.29 is 4.79 Å². The number of aryl methyl sites for hydroxylation is 1. The number of hydrogen-bond acceptors (Lipinski definition) is 3. The summed E-state index contributed by atoms with van der Waals surface area (Å²) >= 11 is 0. The van der Waals surface area contributed by atoms with Crippen molar-refractivity contribution in [2.75, 3.05) is 0 Å². The van der Waals surface area contributed by atoms with Crippen molar-refractivity contribution in [3.63, 3.8) is 0 Å². The van der Waals surface area contributed by atoms with Gasteiger partial charge >= 0.3 is 6.03 Å². The average molecular weight is 217 g/mol. The average Bonchev–Trinajstić information content (AvgIpc) is 2.26. The standard InChI is InChI=1S/C11H11N3O2/c1-6-7(2)14(11(12)16)10(15)9-5-13-4-3-8(6)9/h3-5H,1-2H3,(H2,12,16). The van der Waals surface area contributed by atoms with Crippen LogP contribution in [0, 0.1) is 13.8 Å². The van der Waals surface area contributed by atoms with E-state index < -0.39 is 11.6 Å². The first-order valence-corrected chi connectivity index (χ1v) is 4.79. The molecule has 0 spiro atoms. The van der Waals surface area contributed by atoms with Crippen molar-refractivity contribution in [1.82, 2.24) is 9.55 Å². The first kappa shape index (κ1) is 10.4. The van der Waals surface area contributed by atoms with E-state index in [0.717, 1.165) is 15.5 Å². The maximum Gasteiger partial charge on any atom is 0.326 e. The molecule has 0 unspecified atom stereocenters. The van der Waals surface area contributed by atoms with Crippen LogP contribution in [-0.4, -0.2) is 15.6 Å². The number of carbonyl (C=O) groups excluding carboxylic acids is 1. The molecule has 0 saturated heterocycles. The van der Waals surface area contributed by atoms with Crippen LogP contribution >= 0.6 is 0 Å². The summed E-state index contributed by atoms with van der Waals surface area (Å²) < 4.78 is 0.972. The second-order valence-corrected chi connectivity index (χ2v) is 3.61. The van der Waals surface area contributed by atoms with E-state index in [1.165, 1.54) is 6.20 Å². The Morgan fingerprint density at radius 2 is 2.06 bits per heavy atom. The van der Waals surface area contributed by atoms with E-state index in [0.29, 0.717) is 11.1 Å². The quantitative estimate of drug-likeness (QED) is 0.713. The predicted molar refractivity (Wildman–Crippen MR) is 60.5 cm³/mol. The first-order chi connectivity index (χ1) is 7.54. The van der Waals surface area contributed by atoms with Crippen LogP contribution in [0.3, 0.4) is 0 Å². The van der Waals surface area contributed by atoms with Crippen LogP contribution in [0.15, 0.2) is 23.3 Å². The number of carbonyl (C=O) groups is 1. The fraction of sp³-hybridized carbons (Fsp3) is 0.182. The summed E-state index contributed by atoms with van der Waals surface area (Å²) in [6, 6.07) is 0.987. The molecule has 82 valence electrons. The molecule has 0 aliphatic rings. The zero-order valence-electron chi connectivity index (χ0n) is 9.02. The molecule has 1 amide bonds. The van der Waals surface area contributed by atoms with Gasteiger partial charge in [0.25, 0.3) is 5.56 Å². The van der Waals surface area contributed by atoms with E-state index in [4.69, 9.17) is 5.73 Å². The minimum Gasteiger partial charge on any atom is -0.351 e. The third-order valence-electron chi connectivity index (χ3n) is 2.76. The Balaban J connectivity index is 3.07. The Kier molecular flexibility index (Phi) is 2.23. The smallest absolute Gasteiger partial charge is 0.326 e. The highest BCUT2D eigenvalue weighted by Gasteiger charge is 2.13. The number of aromatic nitrogens is 2. The third kappa shape index (κ3) is 1.29. The molecular formula is C11H11N3O2. The van der Waals surface area contributed by atoms with Gasteiger partial charge in [-0.25, -0.2) is 9.36 Å². The zero-order valence-corrected chi connectivity index (χ0v) is 9.02. The molecule has 2 N–H and O–H groups in total. The molecule has 0 atom stereocenters. The molecule has 0 aliphatic heterocycles. The first-order valence-electron chi connectivity index (χ1n) is 4.79. The summed E-state index contributed by atoms with van der Waals surface area (Å²) in [5, 5.41) is 1.21. The Bertz CT molecular complexity index is 643. The number of pyridine rings is 2. The third-order valence-corrected chi connectivity index (χ3v) is 2.76. The van der Waals surface area contributed by atoms with Crippen molar-refractivity contribution >= 4 is 16.8 Å². The number of rotatable bonds is 0. The fourth-order valence-electron chi connectivity index (χ4n) is 1.79. The number of nitrogens with zero attached hydrogens (tertiary/aromatic N) is 2. The SMILES string of the molecule is Cc1c(C)n(C(N)=O)c(=O)c2cnccc12. The van der Waals surface area contributed by atoms with Crippen LogP contribution in [0.25, 0.3) is 10.8 Å². The number of primary amides is 1. The van der Waals surface area contributed by atoms with Crippen LogP contribution in [0.5, 0.6) is 0 Å². The fourth-order valence-corrected chi connectivity index (χ4v) is 1.79. The number of amides is 1. The Labute approximate surface area is 91.5 Å². The van der Waals surface area contributed by atoms with E-state index >= 15 is 0 Å². The lowest BCUT2D eigenvalue weighted by Gasteiger charge is -2.11. The second kappa shape index (κ2) is 3.44. The van der Waals surface area contributed by atoms with Crippen molar-refractivity contribution in [2.24, 2.45) is 5.73 Å². The maximum atomic E-state index is 12.0.